The first-order chi connectivity index (χ1) is 8.16. The van der Waals surface area contributed by atoms with Crippen LogP contribution in [-0.4, -0.2) is 10.9 Å². The zero-order chi connectivity index (χ0) is 12.3. The maximum Gasteiger partial charge on any atom is 0.255 e. The molecule has 1 amide bonds. The van der Waals surface area contributed by atoms with Gasteiger partial charge in [0.25, 0.3) is 5.91 Å². The molecule has 1 heterocycles. The summed E-state index contributed by atoms with van der Waals surface area (Å²) >= 11 is 5.95. The fraction of sp³-hybridized carbons (Fsp3) is 0. The molecular weight excluding hydrogens is 238 g/mol. The minimum atomic E-state index is -0.250. The minimum absolute atomic E-state index is 0.250. The largest absolute Gasteiger partial charge is 0.399 e. The number of hydrogen-bond acceptors (Lipinski definition) is 3. The number of hydrogen-bond donors (Lipinski definition) is 2. The van der Waals surface area contributed by atoms with Gasteiger partial charge in [0.15, 0.2) is 0 Å². The summed E-state index contributed by atoms with van der Waals surface area (Å²) in [5.41, 5.74) is 7.17. The SMILES string of the molecule is Nc1ccc(Cl)c(NC(=O)c2ccncc2)c1. The van der Waals surface area contributed by atoms with Gasteiger partial charge >= 0.3 is 0 Å². The number of aromatic nitrogens is 1. The molecular formula is C12H10ClN3O. The van der Waals surface area contributed by atoms with E-state index in [-0.39, 0.29) is 5.91 Å². The predicted octanol–water partition coefficient (Wildman–Crippen LogP) is 2.57. The smallest absolute Gasteiger partial charge is 0.255 e. The van der Waals surface area contributed by atoms with Crippen molar-refractivity contribution in [2.75, 3.05) is 11.1 Å². The third-order valence-electron chi connectivity index (χ3n) is 2.18. The first-order valence-electron chi connectivity index (χ1n) is 4.93. The molecule has 1 aromatic heterocycles. The van der Waals surface area contributed by atoms with E-state index >= 15 is 0 Å². The highest BCUT2D eigenvalue weighted by atomic mass is 35.5. The summed E-state index contributed by atoms with van der Waals surface area (Å²) in [6, 6.07) is 8.16. The lowest BCUT2D eigenvalue weighted by Crippen LogP contribution is -2.12. The monoisotopic (exact) mass is 247 g/mol. The van der Waals surface area contributed by atoms with Crippen molar-refractivity contribution in [3.8, 4) is 0 Å². The number of carbonyl (C=O) groups excluding carboxylic acids is 1. The molecule has 17 heavy (non-hydrogen) atoms. The Balaban J connectivity index is 2.22. The van der Waals surface area contributed by atoms with Gasteiger partial charge in [-0.2, -0.15) is 0 Å². The van der Waals surface area contributed by atoms with Gasteiger partial charge in [-0.3, -0.25) is 9.78 Å². The fourth-order valence-corrected chi connectivity index (χ4v) is 1.50. The Morgan fingerprint density at radius 3 is 2.65 bits per heavy atom. The molecule has 2 aromatic rings. The molecule has 0 bridgehead atoms. The lowest BCUT2D eigenvalue weighted by molar-refractivity contribution is 0.102. The number of halogens is 1. The Morgan fingerprint density at radius 1 is 1.24 bits per heavy atom. The lowest BCUT2D eigenvalue weighted by atomic mass is 10.2. The number of nitrogens with one attached hydrogen (secondary N) is 1. The molecule has 1 aromatic carbocycles. The van der Waals surface area contributed by atoms with Gasteiger partial charge in [0.2, 0.25) is 0 Å². The van der Waals surface area contributed by atoms with Gasteiger partial charge in [-0.1, -0.05) is 11.6 Å². The van der Waals surface area contributed by atoms with Crippen molar-refractivity contribution in [2.24, 2.45) is 0 Å². The highest BCUT2D eigenvalue weighted by Crippen LogP contribution is 2.24. The van der Waals surface area contributed by atoms with Crippen LogP contribution in [0.4, 0.5) is 11.4 Å². The second kappa shape index (κ2) is 4.84. The molecule has 5 heteroatoms. The Morgan fingerprint density at radius 2 is 1.94 bits per heavy atom. The van der Waals surface area contributed by atoms with Gasteiger partial charge in [0, 0.05) is 23.6 Å². The van der Waals surface area contributed by atoms with Crippen LogP contribution in [0, 0.1) is 0 Å². The maximum absolute atomic E-state index is 11.8. The molecule has 0 atom stereocenters. The number of nitrogens with zero attached hydrogens (tertiary/aromatic N) is 1. The summed E-state index contributed by atoms with van der Waals surface area (Å²) in [5, 5.41) is 3.13. The van der Waals surface area contributed by atoms with Crippen molar-refractivity contribution < 1.29 is 4.79 Å². The van der Waals surface area contributed by atoms with Gasteiger partial charge in [-0.05, 0) is 30.3 Å². The lowest BCUT2D eigenvalue weighted by Gasteiger charge is -2.07. The molecule has 0 fully saturated rings. The molecule has 0 unspecified atom stereocenters. The van der Waals surface area contributed by atoms with Crippen LogP contribution >= 0.6 is 11.6 Å². The van der Waals surface area contributed by atoms with Gasteiger partial charge in [0.05, 0.1) is 10.7 Å². The third kappa shape index (κ3) is 2.73. The van der Waals surface area contributed by atoms with Crippen molar-refractivity contribution >= 4 is 28.9 Å². The van der Waals surface area contributed by atoms with Gasteiger partial charge in [-0.15, -0.1) is 0 Å². The Hall–Kier alpha value is -2.07. The summed E-state index contributed by atoms with van der Waals surface area (Å²) in [7, 11) is 0. The second-order valence-electron chi connectivity index (χ2n) is 3.43. The van der Waals surface area contributed by atoms with Gasteiger partial charge in [0.1, 0.15) is 0 Å². The summed E-state index contributed by atoms with van der Waals surface area (Å²) in [6.45, 7) is 0. The quantitative estimate of drug-likeness (QED) is 0.802. The van der Waals surface area contributed by atoms with Crippen molar-refractivity contribution in [3.63, 3.8) is 0 Å². The van der Waals surface area contributed by atoms with E-state index in [1.165, 1.54) is 0 Å². The van der Waals surface area contributed by atoms with E-state index in [9.17, 15) is 4.79 Å². The van der Waals surface area contributed by atoms with Gasteiger partial charge < -0.3 is 11.1 Å². The summed E-state index contributed by atoms with van der Waals surface area (Å²) in [5.74, 6) is -0.250. The van der Waals surface area contributed by atoms with Crippen LogP contribution in [0.15, 0.2) is 42.7 Å². The van der Waals surface area contributed by atoms with Crippen molar-refractivity contribution in [2.45, 2.75) is 0 Å². The average Bonchev–Trinajstić information content (AvgIpc) is 2.35. The van der Waals surface area contributed by atoms with Crippen LogP contribution in [0.2, 0.25) is 5.02 Å². The molecule has 0 radical (unpaired) electrons. The van der Waals surface area contributed by atoms with Crippen molar-refractivity contribution in [3.05, 3.63) is 53.3 Å². The molecule has 0 aliphatic carbocycles. The molecule has 0 aliphatic rings. The number of pyridine rings is 1. The molecule has 3 N–H and O–H groups in total. The molecule has 0 saturated heterocycles. The zero-order valence-corrected chi connectivity index (χ0v) is 9.61. The normalized spacial score (nSPS) is 9.94. The third-order valence-corrected chi connectivity index (χ3v) is 2.51. The Kier molecular flexibility index (Phi) is 3.25. The van der Waals surface area contributed by atoms with E-state index in [0.717, 1.165) is 0 Å². The van der Waals surface area contributed by atoms with Gasteiger partial charge in [-0.25, -0.2) is 0 Å². The maximum atomic E-state index is 11.8. The number of rotatable bonds is 2. The molecule has 0 aliphatic heterocycles. The van der Waals surface area contributed by atoms with Crippen LogP contribution in [0.3, 0.4) is 0 Å². The number of benzene rings is 1. The number of carbonyl (C=O) groups is 1. The van der Waals surface area contributed by atoms with E-state index < -0.39 is 0 Å². The Bertz CT molecular complexity index is 543. The second-order valence-corrected chi connectivity index (χ2v) is 3.84. The molecule has 2 rings (SSSR count). The van der Waals surface area contributed by atoms with Crippen molar-refractivity contribution in [1.82, 2.24) is 4.98 Å². The summed E-state index contributed by atoms with van der Waals surface area (Å²) in [4.78, 5) is 15.7. The standard InChI is InChI=1S/C12H10ClN3O/c13-10-2-1-9(14)7-11(10)16-12(17)8-3-5-15-6-4-8/h1-7H,14H2,(H,16,17). The first kappa shape index (κ1) is 11.4. The highest BCUT2D eigenvalue weighted by Gasteiger charge is 2.08. The fourth-order valence-electron chi connectivity index (χ4n) is 1.34. The topological polar surface area (TPSA) is 68.0 Å². The minimum Gasteiger partial charge on any atom is -0.399 e. The molecule has 0 spiro atoms. The van der Waals surface area contributed by atoms with Crippen LogP contribution in [-0.2, 0) is 0 Å². The number of anilines is 2. The number of amides is 1. The highest BCUT2D eigenvalue weighted by molar-refractivity contribution is 6.34. The number of nitrogen functional groups attached to an aromatic ring is 1. The van der Waals surface area contributed by atoms with Crippen LogP contribution in [0.5, 0.6) is 0 Å². The van der Waals surface area contributed by atoms with Crippen LogP contribution in [0.1, 0.15) is 10.4 Å². The van der Waals surface area contributed by atoms with E-state index in [2.05, 4.69) is 10.3 Å². The van der Waals surface area contributed by atoms with E-state index in [0.29, 0.717) is 22.0 Å². The van der Waals surface area contributed by atoms with Crippen LogP contribution < -0.4 is 11.1 Å². The summed E-state index contributed by atoms with van der Waals surface area (Å²) < 4.78 is 0. The predicted molar refractivity (Wildman–Crippen MR) is 68.1 cm³/mol. The van der Waals surface area contributed by atoms with E-state index in [1.807, 2.05) is 0 Å². The van der Waals surface area contributed by atoms with Crippen LogP contribution in [0.25, 0.3) is 0 Å². The first-order valence-corrected chi connectivity index (χ1v) is 5.31. The van der Waals surface area contributed by atoms with E-state index in [4.69, 9.17) is 17.3 Å². The Labute approximate surface area is 103 Å². The molecule has 0 saturated carbocycles. The van der Waals surface area contributed by atoms with Crippen molar-refractivity contribution in [1.29, 1.82) is 0 Å². The zero-order valence-electron chi connectivity index (χ0n) is 8.85. The molecule has 86 valence electrons. The summed E-state index contributed by atoms with van der Waals surface area (Å²) in [6.07, 6.45) is 3.10. The number of nitrogens with two attached hydrogens (primary N) is 1. The molecule has 4 nitrogen and oxygen atoms in total. The van der Waals surface area contributed by atoms with E-state index in [1.54, 1.807) is 42.7 Å². The average molecular weight is 248 g/mol.